The standard InChI is InChI=1S/C16H18N2O3/c19-11-17-16(6-12-4-2-1-3-5-12)7-13-9-18(15(20)21)10-14(13)8-16/h1-5,13-14H,6-10H2,(H,20,21). The minimum absolute atomic E-state index is 0.307. The number of isocyanates is 1. The number of likely N-dealkylation sites (tertiary alicyclic amines) is 1. The second kappa shape index (κ2) is 5.34. The van der Waals surface area contributed by atoms with Crippen LogP contribution >= 0.6 is 0 Å². The van der Waals surface area contributed by atoms with E-state index in [-0.39, 0.29) is 0 Å². The number of benzene rings is 1. The van der Waals surface area contributed by atoms with Gasteiger partial charge in [0.05, 0.1) is 5.54 Å². The maximum absolute atomic E-state index is 11.1. The molecule has 0 spiro atoms. The van der Waals surface area contributed by atoms with Gasteiger partial charge in [0.15, 0.2) is 0 Å². The van der Waals surface area contributed by atoms with Crippen molar-refractivity contribution in [3.05, 3.63) is 35.9 Å². The number of hydrogen-bond donors (Lipinski definition) is 1. The molecule has 1 aromatic rings. The normalized spacial score (nSPS) is 30.8. The molecular formula is C16H18N2O3. The highest BCUT2D eigenvalue weighted by molar-refractivity contribution is 5.65. The van der Waals surface area contributed by atoms with E-state index in [4.69, 9.17) is 5.11 Å². The van der Waals surface area contributed by atoms with Gasteiger partial charge in [-0.15, -0.1) is 0 Å². The number of carboxylic acid groups (broad SMARTS) is 1. The second-order valence-corrected chi connectivity index (χ2v) is 6.21. The van der Waals surface area contributed by atoms with Crippen LogP contribution in [-0.4, -0.2) is 40.8 Å². The average Bonchev–Trinajstić information content (AvgIpc) is 2.96. The van der Waals surface area contributed by atoms with Gasteiger partial charge in [-0.3, -0.25) is 0 Å². The number of rotatable bonds is 3. The molecule has 1 aliphatic carbocycles. The zero-order valence-corrected chi connectivity index (χ0v) is 11.7. The molecule has 110 valence electrons. The van der Waals surface area contributed by atoms with E-state index in [1.807, 2.05) is 30.3 Å². The van der Waals surface area contributed by atoms with Gasteiger partial charge in [-0.1, -0.05) is 30.3 Å². The van der Waals surface area contributed by atoms with Crippen LogP contribution < -0.4 is 0 Å². The fourth-order valence-electron chi connectivity index (χ4n) is 3.96. The maximum atomic E-state index is 11.1. The Morgan fingerprint density at radius 3 is 2.43 bits per heavy atom. The van der Waals surface area contributed by atoms with Gasteiger partial charge in [-0.05, 0) is 36.7 Å². The molecule has 21 heavy (non-hydrogen) atoms. The molecule has 1 saturated carbocycles. The third-order valence-electron chi connectivity index (χ3n) is 4.79. The van der Waals surface area contributed by atoms with Crippen molar-refractivity contribution in [3.63, 3.8) is 0 Å². The van der Waals surface area contributed by atoms with Crippen molar-refractivity contribution >= 4 is 12.2 Å². The molecule has 1 amide bonds. The monoisotopic (exact) mass is 286 g/mol. The van der Waals surface area contributed by atoms with E-state index in [1.165, 1.54) is 4.90 Å². The smallest absolute Gasteiger partial charge is 0.407 e. The molecule has 1 N–H and O–H groups in total. The summed E-state index contributed by atoms with van der Waals surface area (Å²) in [4.78, 5) is 27.5. The molecule has 3 rings (SSSR count). The molecule has 2 fully saturated rings. The number of fused-ring (bicyclic) bond motifs is 1. The molecule has 1 saturated heterocycles. The molecule has 5 nitrogen and oxygen atoms in total. The summed E-state index contributed by atoms with van der Waals surface area (Å²) in [6.07, 6.45) is 3.15. The zero-order chi connectivity index (χ0) is 14.9. The predicted octanol–water partition coefficient (Wildman–Crippen LogP) is 2.32. The van der Waals surface area contributed by atoms with Crippen LogP contribution in [0.2, 0.25) is 0 Å². The van der Waals surface area contributed by atoms with Crippen LogP contribution in [0.4, 0.5) is 4.79 Å². The van der Waals surface area contributed by atoms with Gasteiger partial charge in [-0.2, -0.15) is 4.99 Å². The molecular weight excluding hydrogens is 268 g/mol. The number of carbonyl (C=O) groups is 1. The fourth-order valence-corrected chi connectivity index (χ4v) is 3.96. The van der Waals surface area contributed by atoms with Gasteiger partial charge in [0.1, 0.15) is 0 Å². The predicted molar refractivity (Wildman–Crippen MR) is 76.8 cm³/mol. The first-order chi connectivity index (χ1) is 10.1. The van der Waals surface area contributed by atoms with Gasteiger partial charge < -0.3 is 10.0 Å². The van der Waals surface area contributed by atoms with Crippen molar-refractivity contribution in [3.8, 4) is 0 Å². The Kier molecular flexibility index (Phi) is 3.52. The lowest BCUT2D eigenvalue weighted by molar-refractivity contribution is 0.150. The number of carbonyl (C=O) groups excluding carboxylic acids is 1. The number of nitrogens with zero attached hydrogens (tertiary/aromatic N) is 2. The van der Waals surface area contributed by atoms with E-state index in [2.05, 4.69) is 4.99 Å². The van der Waals surface area contributed by atoms with Crippen molar-refractivity contribution in [2.45, 2.75) is 24.8 Å². The van der Waals surface area contributed by atoms with Crippen molar-refractivity contribution < 1.29 is 14.7 Å². The van der Waals surface area contributed by atoms with Crippen molar-refractivity contribution in [2.75, 3.05) is 13.1 Å². The summed E-state index contributed by atoms with van der Waals surface area (Å²) >= 11 is 0. The van der Waals surface area contributed by atoms with E-state index in [1.54, 1.807) is 6.08 Å². The first kappa shape index (κ1) is 13.8. The van der Waals surface area contributed by atoms with Gasteiger partial charge in [0.25, 0.3) is 0 Å². The lowest BCUT2D eigenvalue weighted by Crippen LogP contribution is -2.32. The van der Waals surface area contributed by atoms with Gasteiger partial charge in [0, 0.05) is 13.1 Å². The van der Waals surface area contributed by atoms with E-state index in [0.29, 0.717) is 24.9 Å². The lowest BCUT2D eigenvalue weighted by atomic mass is 9.88. The van der Waals surface area contributed by atoms with Crippen LogP contribution in [-0.2, 0) is 11.2 Å². The largest absolute Gasteiger partial charge is 0.465 e. The van der Waals surface area contributed by atoms with Gasteiger partial charge in [0.2, 0.25) is 6.08 Å². The van der Waals surface area contributed by atoms with Gasteiger partial charge >= 0.3 is 6.09 Å². The molecule has 2 aliphatic rings. The third kappa shape index (κ3) is 2.69. The summed E-state index contributed by atoms with van der Waals surface area (Å²) in [5, 5.41) is 9.08. The molecule has 2 atom stereocenters. The molecule has 2 unspecified atom stereocenters. The summed E-state index contributed by atoms with van der Waals surface area (Å²) in [7, 11) is 0. The molecule has 1 aromatic carbocycles. The Morgan fingerprint density at radius 2 is 1.90 bits per heavy atom. The SMILES string of the molecule is O=C=NC1(Cc2ccccc2)CC2CN(C(=O)O)CC2C1. The average molecular weight is 286 g/mol. The molecule has 5 heteroatoms. The summed E-state index contributed by atoms with van der Waals surface area (Å²) in [5.74, 6) is 0.615. The minimum atomic E-state index is -0.850. The number of hydrogen-bond acceptors (Lipinski definition) is 3. The summed E-state index contributed by atoms with van der Waals surface area (Å²) < 4.78 is 0. The molecule has 0 bridgehead atoms. The molecule has 1 aliphatic heterocycles. The Balaban J connectivity index is 1.77. The first-order valence-electron chi connectivity index (χ1n) is 7.23. The van der Waals surface area contributed by atoms with Gasteiger partial charge in [-0.25, -0.2) is 9.59 Å². The van der Waals surface area contributed by atoms with Crippen LogP contribution in [0.5, 0.6) is 0 Å². The summed E-state index contributed by atoms with van der Waals surface area (Å²) in [6.45, 7) is 1.12. The highest BCUT2D eigenvalue weighted by atomic mass is 16.4. The Labute approximate surface area is 123 Å². The van der Waals surface area contributed by atoms with Crippen molar-refractivity contribution in [1.82, 2.24) is 4.90 Å². The topological polar surface area (TPSA) is 70.0 Å². The minimum Gasteiger partial charge on any atom is -0.465 e. The summed E-state index contributed by atoms with van der Waals surface area (Å²) in [5.41, 5.74) is 0.759. The zero-order valence-electron chi connectivity index (χ0n) is 11.7. The van der Waals surface area contributed by atoms with Crippen LogP contribution in [0.25, 0.3) is 0 Å². The van der Waals surface area contributed by atoms with Crippen molar-refractivity contribution in [2.24, 2.45) is 16.8 Å². The third-order valence-corrected chi connectivity index (χ3v) is 4.79. The highest BCUT2D eigenvalue weighted by Gasteiger charge is 2.50. The Hall–Kier alpha value is -2.13. The van der Waals surface area contributed by atoms with E-state index in [9.17, 15) is 9.59 Å². The van der Waals surface area contributed by atoms with E-state index < -0.39 is 11.6 Å². The van der Waals surface area contributed by atoms with Crippen LogP contribution in [0.3, 0.4) is 0 Å². The number of amides is 1. The maximum Gasteiger partial charge on any atom is 0.407 e. The van der Waals surface area contributed by atoms with E-state index >= 15 is 0 Å². The lowest BCUT2D eigenvalue weighted by Gasteiger charge is -2.25. The molecule has 0 aromatic heterocycles. The Morgan fingerprint density at radius 1 is 1.29 bits per heavy atom. The number of aliphatic imine (C=N–C) groups is 1. The summed E-state index contributed by atoms with van der Waals surface area (Å²) in [6, 6.07) is 10.0. The second-order valence-electron chi connectivity index (χ2n) is 6.21. The fraction of sp³-hybridized carbons (Fsp3) is 0.500. The molecule has 0 radical (unpaired) electrons. The van der Waals surface area contributed by atoms with Crippen LogP contribution in [0.1, 0.15) is 18.4 Å². The van der Waals surface area contributed by atoms with E-state index in [0.717, 1.165) is 24.8 Å². The first-order valence-corrected chi connectivity index (χ1v) is 7.23. The highest BCUT2D eigenvalue weighted by Crippen LogP contribution is 2.47. The van der Waals surface area contributed by atoms with Crippen LogP contribution in [0.15, 0.2) is 35.3 Å². The quantitative estimate of drug-likeness (QED) is 0.685. The Bertz CT molecular complexity index is 566. The van der Waals surface area contributed by atoms with Crippen molar-refractivity contribution in [1.29, 1.82) is 0 Å². The van der Waals surface area contributed by atoms with Crippen LogP contribution in [0, 0.1) is 11.8 Å². The molecule has 1 heterocycles.